The number of terminal acetylenes is 1. The number of rotatable bonds is 6. The van der Waals surface area contributed by atoms with E-state index in [1.807, 2.05) is 33.8 Å². The summed E-state index contributed by atoms with van der Waals surface area (Å²) in [6, 6.07) is 3.70. The van der Waals surface area contributed by atoms with Crippen molar-refractivity contribution in [1.29, 1.82) is 0 Å². The first-order valence-corrected chi connectivity index (χ1v) is 13.5. The number of nitrogens with zero attached hydrogens (tertiary/aromatic N) is 4. The number of carbonyl (C=O) groups excluding carboxylic acids is 2. The fourth-order valence-electron chi connectivity index (χ4n) is 5.06. The van der Waals surface area contributed by atoms with Gasteiger partial charge in [-0.2, -0.15) is 14.4 Å². The van der Waals surface area contributed by atoms with Gasteiger partial charge in [-0.3, -0.25) is 14.2 Å². The molecule has 4 atom stereocenters. The Morgan fingerprint density at radius 3 is 2.55 bits per heavy atom. The molecule has 1 unspecified atom stereocenters. The molecule has 1 aliphatic rings. The van der Waals surface area contributed by atoms with Gasteiger partial charge in [0.25, 0.3) is 0 Å². The molecule has 0 bridgehead atoms. The van der Waals surface area contributed by atoms with Crippen LogP contribution in [0.15, 0.2) is 18.5 Å². The first-order chi connectivity index (χ1) is 19.4. The number of nitrogen functional groups attached to an aromatic ring is 1. The summed E-state index contributed by atoms with van der Waals surface area (Å²) in [5.41, 5.74) is 6.60. The maximum absolute atomic E-state index is 13.9. The van der Waals surface area contributed by atoms with Gasteiger partial charge in [-0.25, -0.2) is 4.98 Å². The van der Waals surface area contributed by atoms with Crippen LogP contribution in [0.2, 0.25) is 0 Å². The molecule has 3 N–H and O–H groups in total. The van der Waals surface area contributed by atoms with Gasteiger partial charge in [-0.05, 0) is 57.7 Å². The van der Waals surface area contributed by atoms with Gasteiger partial charge < -0.3 is 25.1 Å². The van der Waals surface area contributed by atoms with E-state index in [9.17, 15) is 19.1 Å². The summed E-state index contributed by atoms with van der Waals surface area (Å²) in [5.74, 6) is -1.69. The molecule has 1 saturated heterocycles. The first-order valence-electron chi connectivity index (χ1n) is 13.5. The minimum absolute atomic E-state index is 0.0260. The molecule has 3 heterocycles. The van der Waals surface area contributed by atoms with Crippen LogP contribution in [0.1, 0.15) is 70.9 Å². The van der Waals surface area contributed by atoms with E-state index in [4.69, 9.17) is 26.4 Å². The van der Waals surface area contributed by atoms with Gasteiger partial charge in [0.1, 0.15) is 18.1 Å². The Labute approximate surface area is 243 Å². The van der Waals surface area contributed by atoms with Crippen molar-refractivity contribution in [2.45, 2.75) is 85.3 Å². The van der Waals surface area contributed by atoms with E-state index in [1.165, 1.54) is 10.9 Å². The van der Waals surface area contributed by atoms with Crippen molar-refractivity contribution in [2.75, 3.05) is 5.73 Å². The lowest BCUT2D eigenvalue weighted by Crippen LogP contribution is -2.46. The smallest absolute Gasteiger partial charge is 0.316 e. The number of hydrogen-bond donors (Lipinski definition) is 2. The quantitative estimate of drug-likeness (QED) is 0.190. The molecule has 11 nitrogen and oxygen atoms in total. The van der Waals surface area contributed by atoms with Gasteiger partial charge in [0.2, 0.25) is 0 Å². The number of fused-ring (bicyclic) bond motifs is 1. The van der Waals surface area contributed by atoms with E-state index in [0.29, 0.717) is 11.3 Å². The Bertz CT molecular complexity index is 1600. The second kappa shape index (κ2) is 10.6. The maximum atomic E-state index is 13.9. The fraction of sp³-hybridized carbons (Fsp3) is 0.500. The molecule has 1 aromatic carbocycles. The molecular weight excluding hydrogens is 545 g/mol. The number of hydrogen-bond acceptors (Lipinski definition) is 10. The van der Waals surface area contributed by atoms with Gasteiger partial charge in [0.05, 0.1) is 17.7 Å². The summed E-state index contributed by atoms with van der Waals surface area (Å²) >= 11 is 0. The molecule has 12 heteroatoms. The third kappa shape index (κ3) is 5.42. The Morgan fingerprint density at radius 2 is 1.93 bits per heavy atom. The number of benzene rings is 1. The van der Waals surface area contributed by atoms with Crippen LogP contribution in [-0.4, -0.2) is 48.5 Å². The monoisotopic (exact) mass is 581 g/mol. The lowest BCUT2D eigenvalue weighted by molar-refractivity contribution is -0.230. The Hall–Kier alpha value is -4.08. The van der Waals surface area contributed by atoms with Crippen LogP contribution in [0.5, 0.6) is 5.75 Å². The maximum Gasteiger partial charge on any atom is 0.316 e. The zero-order chi connectivity index (χ0) is 31.4. The molecule has 0 spiro atoms. The van der Waals surface area contributed by atoms with E-state index in [-0.39, 0.29) is 23.4 Å². The van der Waals surface area contributed by atoms with Gasteiger partial charge >= 0.3 is 23.8 Å². The van der Waals surface area contributed by atoms with Crippen molar-refractivity contribution in [3.63, 3.8) is 0 Å². The Balaban J connectivity index is 1.63. The number of esters is 2. The number of anilines is 1. The number of imidazole rings is 1. The predicted octanol–water partition coefficient (Wildman–Crippen LogP) is 3.88. The average Bonchev–Trinajstić information content (AvgIpc) is 3.43. The van der Waals surface area contributed by atoms with Crippen LogP contribution in [0, 0.1) is 43.6 Å². The summed E-state index contributed by atoms with van der Waals surface area (Å²) in [7, 11) is 0. The average molecular weight is 582 g/mol. The molecule has 0 saturated carbocycles. The largest absolute Gasteiger partial charge is 0.426 e. The van der Waals surface area contributed by atoms with E-state index >= 15 is 0 Å². The molecule has 3 aromatic rings. The Kier molecular flexibility index (Phi) is 7.82. The summed E-state index contributed by atoms with van der Waals surface area (Å²) in [5, 5.41) is 11.0. The number of halogens is 1. The summed E-state index contributed by atoms with van der Waals surface area (Å²) in [6.07, 6.45) is 3.45. The summed E-state index contributed by atoms with van der Waals surface area (Å²) in [6.45, 7) is 14.4. The molecule has 2 aromatic heterocycles. The highest BCUT2D eigenvalue weighted by atomic mass is 19.1. The minimum Gasteiger partial charge on any atom is -0.426 e. The van der Waals surface area contributed by atoms with Crippen LogP contribution in [0.25, 0.3) is 11.2 Å². The number of aromatic nitrogens is 4. The number of aryl methyl sites for hydroxylation is 2. The van der Waals surface area contributed by atoms with E-state index < -0.39 is 52.9 Å². The fourth-order valence-corrected chi connectivity index (χ4v) is 5.06. The summed E-state index contributed by atoms with van der Waals surface area (Å²) in [4.78, 5) is 37.8. The van der Waals surface area contributed by atoms with Crippen molar-refractivity contribution in [1.82, 2.24) is 19.5 Å². The van der Waals surface area contributed by atoms with Gasteiger partial charge in [-0.15, -0.1) is 6.42 Å². The third-order valence-corrected chi connectivity index (χ3v) is 7.70. The van der Waals surface area contributed by atoms with Crippen molar-refractivity contribution in [2.24, 2.45) is 11.3 Å². The zero-order valence-corrected chi connectivity index (χ0v) is 25.0. The first kappa shape index (κ1) is 30.9. The third-order valence-electron chi connectivity index (χ3n) is 7.70. The SMILES string of the molecule is C#C[C@]1(OC(=O)C(C)C(C)(C)c2c(C)cc(C)cc2OC(=O)C(C)(C)C)O[C@@H](n2cnc3c(N)nc(F)nc32)C[C@@H]1O. The van der Waals surface area contributed by atoms with Crippen molar-refractivity contribution >= 4 is 28.9 Å². The highest BCUT2D eigenvalue weighted by Gasteiger charge is 2.53. The molecule has 4 rings (SSSR count). The van der Waals surface area contributed by atoms with Crippen LogP contribution >= 0.6 is 0 Å². The van der Waals surface area contributed by atoms with Gasteiger partial charge in [-0.1, -0.05) is 26.8 Å². The number of aliphatic hydroxyl groups is 1. The van der Waals surface area contributed by atoms with Crippen molar-refractivity contribution < 1.29 is 33.3 Å². The second-order valence-electron chi connectivity index (χ2n) is 12.3. The molecule has 0 aliphatic carbocycles. The van der Waals surface area contributed by atoms with Crippen LogP contribution in [0.4, 0.5) is 10.2 Å². The highest BCUT2D eigenvalue weighted by molar-refractivity contribution is 5.81. The van der Waals surface area contributed by atoms with Crippen molar-refractivity contribution in [3.8, 4) is 18.1 Å². The van der Waals surface area contributed by atoms with Gasteiger partial charge in [0.15, 0.2) is 17.0 Å². The van der Waals surface area contributed by atoms with Crippen molar-refractivity contribution in [3.05, 3.63) is 41.2 Å². The molecule has 0 amide bonds. The number of ether oxygens (including phenoxy) is 3. The van der Waals surface area contributed by atoms with E-state index in [0.717, 1.165) is 11.1 Å². The lowest BCUT2D eigenvalue weighted by atomic mass is 9.72. The zero-order valence-electron chi connectivity index (χ0n) is 25.0. The molecular formula is C30H36FN5O6. The normalized spacial score (nSPS) is 21.6. The number of carbonyl (C=O) groups is 2. The van der Waals surface area contributed by atoms with Crippen LogP contribution in [-0.2, 0) is 24.5 Å². The molecule has 1 fully saturated rings. The number of aliphatic hydroxyl groups excluding tert-OH is 1. The topological polar surface area (TPSA) is 152 Å². The summed E-state index contributed by atoms with van der Waals surface area (Å²) < 4.78 is 32.7. The standard InChI is InChI=1S/C30H36FN5O6/c1-10-30(19(37)13-20(41-30)36-14-33-22-23(32)34-27(31)35-24(22)36)42-25(38)17(4)29(8,9)21-16(3)11-15(2)12-18(21)40-26(39)28(5,6)7/h1,11-12,14,17,19-20,37H,13H2,2-9H3,(H2,32,34,35)/t17?,19-,20+,30+/m0/s1. The van der Waals surface area contributed by atoms with Gasteiger partial charge in [0, 0.05) is 17.4 Å². The van der Waals surface area contributed by atoms with E-state index in [1.54, 1.807) is 33.8 Å². The molecule has 224 valence electrons. The Morgan fingerprint density at radius 1 is 1.26 bits per heavy atom. The van der Waals surface area contributed by atoms with E-state index in [2.05, 4.69) is 20.9 Å². The number of nitrogens with two attached hydrogens (primary N) is 1. The van der Waals surface area contributed by atoms with Crippen LogP contribution < -0.4 is 10.5 Å². The molecule has 42 heavy (non-hydrogen) atoms. The predicted molar refractivity (Wildman–Crippen MR) is 151 cm³/mol. The molecule has 1 aliphatic heterocycles. The molecule has 0 radical (unpaired) electrons. The second-order valence-corrected chi connectivity index (χ2v) is 12.3. The van der Waals surface area contributed by atoms with Crippen LogP contribution in [0.3, 0.4) is 0 Å². The lowest BCUT2D eigenvalue weighted by Gasteiger charge is -2.36. The highest BCUT2D eigenvalue weighted by Crippen LogP contribution is 2.44. The minimum atomic E-state index is -2.15.